The predicted octanol–water partition coefficient (Wildman–Crippen LogP) is 2.60. The van der Waals surface area contributed by atoms with E-state index in [0.29, 0.717) is 24.9 Å². The molecule has 2 rings (SSSR count). The second kappa shape index (κ2) is 8.18. The van der Waals surface area contributed by atoms with Crippen molar-refractivity contribution in [1.29, 1.82) is 0 Å². The highest BCUT2D eigenvalue weighted by Gasteiger charge is 2.30. The average Bonchev–Trinajstić information content (AvgIpc) is 2.92. The quantitative estimate of drug-likeness (QED) is 0.842. The summed E-state index contributed by atoms with van der Waals surface area (Å²) in [5.74, 6) is 1.61. The summed E-state index contributed by atoms with van der Waals surface area (Å²) < 4.78 is 5.57. The van der Waals surface area contributed by atoms with Gasteiger partial charge in [-0.15, -0.1) is 0 Å². The molecular formula is C18H28N2O2. The highest BCUT2D eigenvalue weighted by atomic mass is 16.5. The maximum absolute atomic E-state index is 12.4. The summed E-state index contributed by atoms with van der Waals surface area (Å²) in [5.41, 5.74) is 6.90. The minimum absolute atomic E-state index is 0.245. The SMILES string of the molecule is CCCOc1ccc(CCC(=O)N2CC(CN)CC2C)cc1. The van der Waals surface area contributed by atoms with E-state index in [1.165, 1.54) is 5.56 Å². The smallest absolute Gasteiger partial charge is 0.223 e. The van der Waals surface area contributed by atoms with Crippen molar-refractivity contribution in [3.8, 4) is 5.75 Å². The molecule has 0 radical (unpaired) electrons. The molecule has 0 spiro atoms. The lowest BCUT2D eigenvalue weighted by atomic mass is 10.1. The fraction of sp³-hybridized carbons (Fsp3) is 0.611. The first-order valence-electron chi connectivity index (χ1n) is 8.35. The third kappa shape index (κ3) is 4.47. The molecule has 1 aromatic carbocycles. The molecule has 2 atom stereocenters. The zero-order chi connectivity index (χ0) is 15.9. The van der Waals surface area contributed by atoms with E-state index in [2.05, 4.69) is 13.8 Å². The summed E-state index contributed by atoms with van der Waals surface area (Å²) in [6, 6.07) is 8.39. The van der Waals surface area contributed by atoms with Crippen molar-refractivity contribution in [2.45, 2.75) is 45.6 Å². The van der Waals surface area contributed by atoms with Crippen molar-refractivity contribution in [1.82, 2.24) is 4.90 Å². The second-order valence-corrected chi connectivity index (χ2v) is 6.22. The number of hydrogen-bond donors (Lipinski definition) is 1. The van der Waals surface area contributed by atoms with Gasteiger partial charge in [0.2, 0.25) is 5.91 Å². The van der Waals surface area contributed by atoms with Crippen molar-refractivity contribution in [2.75, 3.05) is 19.7 Å². The standard InChI is InChI=1S/C18H28N2O2/c1-3-10-22-17-7-4-15(5-8-17)6-9-18(21)20-13-16(12-19)11-14(20)2/h4-5,7-8,14,16H,3,6,9-13,19H2,1-2H3. The molecule has 0 bridgehead atoms. The van der Waals surface area contributed by atoms with Gasteiger partial charge < -0.3 is 15.4 Å². The topological polar surface area (TPSA) is 55.6 Å². The predicted molar refractivity (Wildman–Crippen MR) is 88.9 cm³/mol. The van der Waals surface area contributed by atoms with Crippen LogP contribution in [0.4, 0.5) is 0 Å². The number of aryl methyl sites for hydroxylation is 1. The molecule has 0 aliphatic carbocycles. The van der Waals surface area contributed by atoms with Gasteiger partial charge in [-0.3, -0.25) is 4.79 Å². The minimum Gasteiger partial charge on any atom is -0.494 e. The second-order valence-electron chi connectivity index (χ2n) is 6.22. The van der Waals surface area contributed by atoms with Crippen molar-refractivity contribution < 1.29 is 9.53 Å². The van der Waals surface area contributed by atoms with Crippen molar-refractivity contribution in [2.24, 2.45) is 11.7 Å². The Bertz CT molecular complexity index is 472. The Kier molecular flexibility index (Phi) is 6.25. The molecule has 1 amide bonds. The lowest BCUT2D eigenvalue weighted by Gasteiger charge is -2.21. The molecule has 4 heteroatoms. The Morgan fingerprint density at radius 1 is 1.36 bits per heavy atom. The van der Waals surface area contributed by atoms with Gasteiger partial charge in [-0.25, -0.2) is 0 Å². The summed E-state index contributed by atoms with van der Waals surface area (Å²) in [4.78, 5) is 14.4. The van der Waals surface area contributed by atoms with Gasteiger partial charge in [0.25, 0.3) is 0 Å². The number of ether oxygens (including phenoxy) is 1. The van der Waals surface area contributed by atoms with Crippen molar-refractivity contribution >= 4 is 5.91 Å². The average molecular weight is 304 g/mol. The monoisotopic (exact) mass is 304 g/mol. The fourth-order valence-corrected chi connectivity index (χ4v) is 3.03. The number of carbonyl (C=O) groups excluding carboxylic acids is 1. The lowest BCUT2D eigenvalue weighted by Crippen LogP contribution is -2.34. The summed E-state index contributed by atoms with van der Waals surface area (Å²) >= 11 is 0. The van der Waals surface area contributed by atoms with Crippen LogP contribution in [0.1, 0.15) is 38.7 Å². The summed E-state index contributed by atoms with van der Waals surface area (Å²) in [6.45, 7) is 6.45. The Labute approximate surface area is 133 Å². The number of hydrogen-bond acceptors (Lipinski definition) is 3. The molecule has 1 aliphatic heterocycles. The molecule has 122 valence electrons. The molecule has 1 heterocycles. The molecular weight excluding hydrogens is 276 g/mol. The van der Waals surface area contributed by atoms with Crippen LogP contribution >= 0.6 is 0 Å². The Morgan fingerprint density at radius 3 is 2.68 bits per heavy atom. The molecule has 22 heavy (non-hydrogen) atoms. The first-order chi connectivity index (χ1) is 10.6. The molecule has 1 saturated heterocycles. The van der Waals surface area contributed by atoms with Gasteiger partial charge in [-0.05, 0) is 56.3 Å². The van der Waals surface area contributed by atoms with Crippen LogP contribution < -0.4 is 10.5 Å². The largest absolute Gasteiger partial charge is 0.494 e. The van der Waals surface area contributed by atoms with Crippen molar-refractivity contribution in [3.05, 3.63) is 29.8 Å². The maximum Gasteiger partial charge on any atom is 0.223 e. The number of nitrogens with two attached hydrogens (primary N) is 1. The number of rotatable bonds is 7. The Balaban J connectivity index is 1.81. The van der Waals surface area contributed by atoms with Gasteiger partial charge in [-0.1, -0.05) is 19.1 Å². The number of amides is 1. The van der Waals surface area contributed by atoms with E-state index >= 15 is 0 Å². The van der Waals surface area contributed by atoms with E-state index in [0.717, 1.165) is 38.2 Å². The van der Waals surface area contributed by atoms with Crippen LogP contribution in [0.3, 0.4) is 0 Å². The highest BCUT2D eigenvalue weighted by molar-refractivity contribution is 5.77. The Hall–Kier alpha value is -1.55. The molecule has 4 nitrogen and oxygen atoms in total. The molecule has 0 aromatic heterocycles. The molecule has 1 aliphatic rings. The number of nitrogens with zero attached hydrogens (tertiary/aromatic N) is 1. The summed E-state index contributed by atoms with van der Waals surface area (Å²) in [5, 5.41) is 0. The van der Waals surface area contributed by atoms with Crippen LogP contribution in [0.15, 0.2) is 24.3 Å². The summed E-state index contributed by atoms with van der Waals surface area (Å²) in [7, 11) is 0. The van der Waals surface area contributed by atoms with Gasteiger partial charge in [0.05, 0.1) is 6.61 Å². The third-order valence-corrected chi connectivity index (χ3v) is 4.34. The van der Waals surface area contributed by atoms with Crippen molar-refractivity contribution in [3.63, 3.8) is 0 Å². The van der Waals surface area contributed by atoms with Gasteiger partial charge in [0.15, 0.2) is 0 Å². The molecule has 1 fully saturated rings. The number of carbonyl (C=O) groups is 1. The van der Waals surface area contributed by atoms with E-state index in [9.17, 15) is 4.79 Å². The normalized spacial score (nSPS) is 21.1. The fourth-order valence-electron chi connectivity index (χ4n) is 3.03. The number of benzene rings is 1. The van der Waals surface area contributed by atoms with Crippen LogP contribution in [-0.2, 0) is 11.2 Å². The molecule has 0 saturated carbocycles. The third-order valence-electron chi connectivity index (χ3n) is 4.34. The van der Waals surface area contributed by atoms with Gasteiger partial charge >= 0.3 is 0 Å². The van der Waals surface area contributed by atoms with Gasteiger partial charge in [0.1, 0.15) is 5.75 Å². The minimum atomic E-state index is 0.245. The van der Waals surface area contributed by atoms with Crippen LogP contribution in [0, 0.1) is 5.92 Å². The Morgan fingerprint density at radius 2 is 2.09 bits per heavy atom. The van der Waals surface area contributed by atoms with Crippen LogP contribution in [0.2, 0.25) is 0 Å². The van der Waals surface area contributed by atoms with E-state index < -0.39 is 0 Å². The van der Waals surface area contributed by atoms with E-state index in [-0.39, 0.29) is 5.91 Å². The molecule has 1 aromatic rings. The van der Waals surface area contributed by atoms with Crippen LogP contribution in [0.25, 0.3) is 0 Å². The van der Waals surface area contributed by atoms with E-state index in [1.807, 2.05) is 29.2 Å². The first kappa shape index (κ1) is 16.8. The number of likely N-dealkylation sites (tertiary alicyclic amines) is 1. The zero-order valence-electron chi connectivity index (χ0n) is 13.8. The first-order valence-corrected chi connectivity index (χ1v) is 8.35. The maximum atomic E-state index is 12.4. The zero-order valence-corrected chi connectivity index (χ0v) is 13.8. The van der Waals surface area contributed by atoms with Crippen LogP contribution in [-0.4, -0.2) is 36.5 Å². The summed E-state index contributed by atoms with van der Waals surface area (Å²) in [6.07, 6.45) is 3.39. The molecule has 2 unspecified atom stereocenters. The van der Waals surface area contributed by atoms with E-state index in [4.69, 9.17) is 10.5 Å². The van der Waals surface area contributed by atoms with Crippen LogP contribution in [0.5, 0.6) is 5.75 Å². The highest BCUT2D eigenvalue weighted by Crippen LogP contribution is 2.23. The lowest BCUT2D eigenvalue weighted by molar-refractivity contribution is -0.131. The van der Waals surface area contributed by atoms with Gasteiger partial charge in [0, 0.05) is 19.0 Å². The van der Waals surface area contributed by atoms with Gasteiger partial charge in [-0.2, -0.15) is 0 Å². The van der Waals surface area contributed by atoms with E-state index in [1.54, 1.807) is 0 Å². The molecule has 2 N–H and O–H groups in total.